The molecule has 0 saturated carbocycles. The van der Waals surface area contributed by atoms with E-state index < -0.39 is 10.0 Å². The van der Waals surface area contributed by atoms with Crippen LogP contribution in [0.2, 0.25) is 0 Å². The molecular weight excluding hydrogens is 200 g/mol. The molecular formula is C9H12N2O2S. The average Bonchev–Trinajstić information content (AvgIpc) is 2.19. The van der Waals surface area contributed by atoms with E-state index in [1.54, 1.807) is 18.2 Å². The van der Waals surface area contributed by atoms with Gasteiger partial charge in [0.1, 0.15) is 0 Å². The molecule has 0 atom stereocenters. The van der Waals surface area contributed by atoms with Crippen LogP contribution in [-0.4, -0.2) is 19.4 Å². The lowest BCUT2D eigenvalue weighted by atomic mass is 10.4. The molecule has 0 heterocycles. The molecule has 1 aromatic carbocycles. The van der Waals surface area contributed by atoms with Gasteiger partial charge in [0.15, 0.2) is 0 Å². The SMILES string of the molecule is C=CCN(N)S(=O)(=O)c1ccccc1. The molecule has 0 radical (unpaired) electrons. The summed E-state index contributed by atoms with van der Waals surface area (Å²) >= 11 is 0. The molecule has 1 aromatic rings. The number of nitrogens with zero attached hydrogens (tertiary/aromatic N) is 1. The molecule has 0 fully saturated rings. The highest BCUT2D eigenvalue weighted by molar-refractivity contribution is 7.89. The van der Waals surface area contributed by atoms with Gasteiger partial charge in [-0.3, -0.25) is 5.84 Å². The number of benzene rings is 1. The summed E-state index contributed by atoms with van der Waals surface area (Å²) in [7, 11) is -3.56. The Morgan fingerprint density at radius 1 is 1.36 bits per heavy atom. The van der Waals surface area contributed by atoms with Crippen LogP contribution in [0.5, 0.6) is 0 Å². The summed E-state index contributed by atoms with van der Waals surface area (Å²) in [6, 6.07) is 8.03. The highest BCUT2D eigenvalue weighted by Gasteiger charge is 2.19. The minimum absolute atomic E-state index is 0.0945. The van der Waals surface area contributed by atoms with E-state index in [-0.39, 0.29) is 11.4 Å². The maximum Gasteiger partial charge on any atom is 0.255 e. The zero-order valence-electron chi connectivity index (χ0n) is 7.63. The van der Waals surface area contributed by atoms with E-state index in [4.69, 9.17) is 5.84 Å². The number of hydrogen-bond acceptors (Lipinski definition) is 3. The van der Waals surface area contributed by atoms with E-state index in [1.165, 1.54) is 18.2 Å². The van der Waals surface area contributed by atoms with Gasteiger partial charge in [-0.1, -0.05) is 24.3 Å². The van der Waals surface area contributed by atoms with Crippen molar-refractivity contribution in [2.45, 2.75) is 4.90 Å². The second-order valence-corrected chi connectivity index (χ2v) is 4.57. The van der Waals surface area contributed by atoms with Gasteiger partial charge in [0.25, 0.3) is 10.0 Å². The number of sulfonamides is 1. The Labute approximate surface area is 83.7 Å². The Bertz CT molecular complexity index is 400. The van der Waals surface area contributed by atoms with Gasteiger partial charge in [-0.15, -0.1) is 11.0 Å². The van der Waals surface area contributed by atoms with Gasteiger partial charge < -0.3 is 0 Å². The van der Waals surface area contributed by atoms with Crippen molar-refractivity contribution in [1.29, 1.82) is 0 Å². The first-order valence-electron chi connectivity index (χ1n) is 4.02. The van der Waals surface area contributed by atoms with Crippen LogP contribution in [0.3, 0.4) is 0 Å². The third-order valence-corrected chi connectivity index (χ3v) is 3.29. The number of rotatable bonds is 4. The first-order chi connectivity index (χ1) is 6.59. The zero-order valence-corrected chi connectivity index (χ0v) is 8.44. The Morgan fingerprint density at radius 3 is 2.43 bits per heavy atom. The van der Waals surface area contributed by atoms with Gasteiger partial charge in [-0.25, -0.2) is 8.42 Å². The summed E-state index contributed by atoms with van der Waals surface area (Å²) in [5.74, 6) is 5.37. The van der Waals surface area contributed by atoms with Crippen molar-refractivity contribution in [3.8, 4) is 0 Å². The third kappa shape index (κ3) is 2.20. The van der Waals surface area contributed by atoms with Crippen molar-refractivity contribution < 1.29 is 8.42 Å². The van der Waals surface area contributed by atoms with Crippen LogP contribution in [0, 0.1) is 0 Å². The first-order valence-corrected chi connectivity index (χ1v) is 5.46. The summed E-state index contributed by atoms with van der Waals surface area (Å²) < 4.78 is 24.1. The van der Waals surface area contributed by atoms with Crippen LogP contribution >= 0.6 is 0 Å². The summed E-state index contributed by atoms with van der Waals surface area (Å²) in [5, 5.41) is 0. The van der Waals surface area contributed by atoms with Crippen LogP contribution < -0.4 is 5.84 Å². The van der Waals surface area contributed by atoms with Crippen LogP contribution in [0.1, 0.15) is 0 Å². The lowest BCUT2D eigenvalue weighted by Crippen LogP contribution is -2.37. The molecule has 5 heteroatoms. The first kappa shape index (κ1) is 10.9. The van der Waals surface area contributed by atoms with E-state index in [0.717, 1.165) is 4.41 Å². The van der Waals surface area contributed by atoms with Crippen molar-refractivity contribution in [2.24, 2.45) is 5.84 Å². The normalized spacial score (nSPS) is 11.6. The molecule has 2 N–H and O–H groups in total. The van der Waals surface area contributed by atoms with E-state index in [9.17, 15) is 8.42 Å². The molecule has 0 bridgehead atoms. The number of hydrazine groups is 1. The maximum absolute atomic E-state index is 11.7. The monoisotopic (exact) mass is 212 g/mol. The molecule has 0 spiro atoms. The molecule has 0 unspecified atom stereocenters. The van der Waals surface area contributed by atoms with Crippen molar-refractivity contribution in [3.05, 3.63) is 43.0 Å². The minimum Gasteiger partial charge on any atom is -0.254 e. The summed E-state index contributed by atoms with van der Waals surface area (Å²) in [4.78, 5) is 0.185. The second kappa shape index (κ2) is 4.36. The van der Waals surface area contributed by atoms with E-state index in [1.807, 2.05) is 0 Å². The molecule has 0 aromatic heterocycles. The van der Waals surface area contributed by atoms with Crippen LogP contribution in [-0.2, 0) is 10.0 Å². The molecule has 0 aliphatic rings. The van der Waals surface area contributed by atoms with Crippen LogP contribution in [0.15, 0.2) is 47.9 Å². The summed E-state index contributed by atoms with van der Waals surface area (Å²) in [6.07, 6.45) is 1.43. The largest absolute Gasteiger partial charge is 0.255 e. The zero-order chi connectivity index (χ0) is 10.6. The van der Waals surface area contributed by atoms with E-state index in [2.05, 4.69) is 6.58 Å². The molecule has 76 valence electrons. The lowest BCUT2D eigenvalue weighted by Gasteiger charge is -2.14. The predicted molar refractivity (Wildman–Crippen MR) is 54.7 cm³/mol. The van der Waals surface area contributed by atoms with Crippen LogP contribution in [0.25, 0.3) is 0 Å². The smallest absolute Gasteiger partial charge is 0.254 e. The van der Waals surface area contributed by atoms with Crippen molar-refractivity contribution >= 4 is 10.0 Å². The average molecular weight is 212 g/mol. The Morgan fingerprint density at radius 2 is 1.93 bits per heavy atom. The molecule has 0 amide bonds. The van der Waals surface area contributed by atoms with Crippen LogP contribution in [0.4, 0.5) is 0 Å². The highest BCUT2D eigenvalue weighted by atomic mass is 32.2. The highest BCUT2D eigenvalue weighted by Crippen LogP contribution is 2.11. The lowest BCUT2D eigenvalue weighted by molar-refractivity contribution is 0.459. The third-order valence-electron chi connectivity index (χ3n) is 1.66. The topological polar surface area (TPSA) is 63.4 Å². The van der Waals surface area contributed by atoms with Crippen molar-refractivity contribution in [1.82, 2.24) is 4.41 Å². The standard InChI is InChI=1S/C9H12N2O2S/c1-2-8-11(10)14(12,13)9-6-4-3-5-7-9/h2-7H,1,8,10H2. The van der Waals surface area contributed by atoms with Gasteiger partial charge in [-0.05, 0) is 12.1 Å². The number of nitrogens with two attached hydrogens (primary N) is 1. The molecule has 1 rings (SSSR count). The predicted octanol–water partition coefficient (Wildman–Crippen LogP) is 0.737. The van der Waals surface area contributed by atoms with Gasteiger partial charge in [0.05, 0.1) is 4.90 Å². The Hall–Kier alpha value is -1.17. The molecule has 0 saturated heterocycles. The summed E-state index contributed by atoms with van der Waals surface area (Å²) in [6.45, 7) is 3.52. The van der Waals surface area contributed by atoms with Gasteiger partial charge in [-0.2, -0.15) is 0 Å². The van der Waals surface area contributed by atoms with Crippen molar-refractivity contribution in [3.63, 3.8) is 0 Å². The fourth-order valence-electron chi connectivity index (χ4n) is 0.953. The molecule has 0 aliphatic carbocycles. The molecule has 4 nitrogen and oxygen atoms in total. The van der Waals surface area contributed by atoms with E-state index in [0.29, 0.717) is 0 Å². The number of hydrogen-bond donors (Lipinski definition) is 1. The minimum atomic E-state index is -3.56. The van der Waals surface area contributed by atoms with Gasteiger partial charge in [0, 0.05) is 6.54 Å². The van der Waals surface area contributed by atoms with Gasteiger partial charge >= 0.3 is 0 Å². The Kier molecular flexibility index (Phi) is 3.40. The van der Waals surface area contributed by atoms with E-state index >= 15 is 0 Å². The quantitative estimate of drug-likeness (QED) is 0.455. The summed E-state index contributed by atoms with van der Waals surface area (Å²) in [5.41, 5.74) is 0. The van der Waals surface area contributed by atoms with Crippen molar-refractivity contribution in [2.75, 3.05) is 6.54 Å². The van der Waals surface area contributed by atoms with Gasteiger partial charge in [0.2, 0.25) is 0 Å². The second-order valence-electron chi connectivity index (χ2n) is 2.68. The Balaban J connectivity index is 3.03. The maximum atomic E-state index is 11.7. The fraction of sp³-hybridized carbons (Fsp3) is 0.111. The molecule has 0 aliphatic heterocycles. The molecule has 14 heavy (non-hydrogen) atoms. The fourth-order valence-corrected chi connectivity index (χ4v) is 2.03.